The molecule has 0 saturated carbocycles. The second-order valence-corrected chi connectivity index (χ2v) is 7.82. The minimum absolute atomic E-state index is 0. The van der Waals surface area contributed by atoms with Gasteiger partial charge in [-0.25, -0.2) is 8.42 Å². The van der Waals surface area contributed by atoms with Crippen molar-refractivity contribution in [2.45, 2.75) is 43.2 Å². The van der Waals surface area contributed by atoms with Gasteiger partial charge in [0.2, 0.25) is 5.91 Å². The van der Waals surface area contributed by atoms with Gasteiger partial charge in [0.1, 0.15) is 11.9 Å². The van der Waals surface area contributed by atoms with Crippen LogP contribution in [-0.2, 0) is 14.8 Å². The van der Waals surface area contributed by atoms with Crippen LogP contribution in [-0.4, -0.2) is 50.2 Å². The fourth-order valence-corrected chi connectivity index (χ4v) is 4.49. The molecule has 1 aromatic carbocycles. The second-order valence-electron chi connectivity index (χ2n) is 6.17. The number of nitrogens with two attached hydrogens (primary N) is 1. The van der Waals surface area contributed by atoms with Crippen molar-refractivity contribution in [3.05, 3.63) is 29.8 Å². The largest absolute Gasteiger partial charge is 0.337 e. The van der Waals surface area contributed by atoms with Crippen LogP contribution in [0.5, 0.6) is 0 Å². The third-order valence-electron chi connectivity index (χ3n) is 4.53. The van der Waals surface area contributed by atoms with Gasteiger partial charge < -0.3 is 10.6 Å². The van der Waals surface area contributed by atoms with Crippen LogP contribution in [0.3, 0.4) is 0 Å². The van der Waals surface area contributed by atoms with Gasteiger partial charge in [-0.2, -0.15) is 0 Å². The lowest BCUT2D eigenvalue weighted by Crippen LogP contribution is -2.50. The number of carbonyl (C=O) groups excluding carboxylic acids is 1. The number of aliphatic imine (C=N–C) groups is 1. The van der Waals surface area contributed by atoms with E-state index in [9.17, 15) is 13.2 Å². The Kier molecular flexibility index (Phi) is 6.08. The van der Waals surface area contributed by atoms with Crippen LogP contribution in [0.2, 0.25) is 0 Å². The van der Waals surface area contributed by atoms with Gasteiger partial charge in [0, 0.05) is 24.7 Å². The highest BCUT2D eigenvalue weighted by atomic mass is 35.5. The van der Waals surface area contributed by atoms with E-state index in [4.69, 9.17) is 5.73 Å². The number of rotatable bonds is 3. The molecule has 0 aliphatic carbocycles. The summed E-state index contributed by atoms with van der Waals surface area (Å²) in [4.78, 5) is 19.0. The van der Waals surface area contributed by atoms with E-state index < -0.39 is 16.1 Å². The number of likely N-dealkylation sites (tertiary alicyclic amines) is 1. The summed E-state index contributed by atoms with van der Waals surface area (Å²) in [7, 11) is -3.59. The monoisotopic (exact) mass is 386 g/mol. The lowest BCUT2D eigenvalue weighted by molar-refractivity contribution is -0.135. The Morgan fingerprint density at radius 2 is 2.12 bits per heavy atom. The van der Waals surface area contributed by atoms with E-state index in [-0.39, 0.29) is 35.1 Å². The third kappa shape index (κ3) is 3.80. The van der Waals surface area contributed by atoms with Crippen molar-refractivity contribution in [2.24, 2.45) is 10.7 Å². The maximum Gasteiger partial charge on any atom is 0.263 e. The number of hydrogen-bond acceptors (Lipinski definition) is 5. The minimum atomic E-state index is -3.59. The number of carbonyl (C=O) groups is 1. The van der Waals surface area contributed by atoms with Crippen LogP contribution in [0.15, 0.2) is 34.2 Å². The molecule has 2 heterocycles. The summed E-state index contributed by atoms with van der Waals surface area (Å²) in [6, 6.07) is 6.00. The van der Waals surface area contributed by atoms with Gasteiger partial charge >= 0.3 is 0 Å². The van der Waals surface area contributed by atoms with Crippen molar-refractivity contribution >= 4 is 34.2 Å². The molecular weight excluding hydrogens is 364 g/mol. The van der Waals surface area contributed by atoms with E-state index in [2.05, 4.69) is 9.71 Å². The van der Waals surface area contributed by atoms with Gasteiger partial charge in [-0.05, 0) is 38.3 Å². The molecule has 2 unspecified atom stereocenters. The molecule has 2 aliphatic rings. The zero-order chi connectivity index (χ0) is 17.3. The molecule has 3 rings (SSSR count). The third-order valence-corrected chi connectivity index (χ3v) is 5.92. The number of nitrogens with zero attached hydrogens (tertiary/aromatic N) is 2. The van der Waals surface area contributed by atoms with E-state index in [1.54, 1.807) is 30.0 Å². The summed E-state index contributed by atoms with van der Waals surface area (Å²) in [5.41, 5.74) is 6.28. The SMILES string of the molecule is CC(N=C1NS(=O)(=O)c2ccccc21)C(=O)N1CCCCC1CN.Cl. The summed E-state index contributed by atoms with van der Waals surface area (Å²) in [6.45, 7) is 2.80. The standard InChI is InChI=1S/C16H22N4O3S.ClH/c1-11(16(21)20-9-5-4-6-12(20)10-17)18-15-13-7-2-3-8-14(13)24(22,23)19-15;/h2-3,7-8,11-12H,4-6,9-10,17H2,1H3,(H,18,19);1H. The molecule has 25 heavy (non-hydrogen) atoms. The Morgan fingerprint density at radius 1 is 1.40 bits per heavy atom. The number of benzene rings is 1. The highest BCUT2D eigenvalue weighted by Gasteiger charge is 2.33. The molecule has 1 aromatic rings. The van der Waals surface area contributed by atoms with E-state index >= 15 is 0 Å². The number of amidine groups is 1. The van der Waals surface area contributed by atoms with Crippen molar-refractivity contribution in [1.82, 2.24) is 9.62 Å². The van der Waals surface area contributed by atoms with Crippen molar-refractivity contribution in [3.8, 4) is 0 Å². The maximum absolute atomic E-state index is 12.7. The van der Waals surface area contributed by atoms with E-state index in [1.165, 1.54) is 6.07 Å². The lowest BCUT2D eigenvalue weighted by atomic mass is 10.0. The van der Waals surface area contributed by atoms with E-state index in [0.717, 1.165) is 19.3 Å². The van der Waals surface area contributed by atoms with Crippen LogP contribution in [0.4, 0.5) is 0 Å². The Bertz CT molecular complexity index is 781. The first kappa shape index (κ1) is 19.7. The van der Waals surface area contributed by atoms with Gasteiger partial charge in [0.15, 0.2) is 0 Å². The topological polar surface area (TPSA) is 105 Å². The summed E-state index contributed by atoms with van der Waals surface area (Å²) < 4.78 is 26.7. The molecule has 0 radical (unpaired) electrons. The summed E-state index contributed by atoms with van der Waals surface area (Å²) in [6.07, 6.45) is 2.93. The molecule has 9 heteroatoms. The summed E-state index contributed by atoms with van der Waals surface area (Å²) in [5, 5.41) is 0. The molecule has 1 amide bonds. The molecule has 3 N–H and O–H groups in total. The van der Waals surface area contributed by atoms with Crippen LogP contribution in [0, 0.1) is 0 Å². The smallest absolute Gasteiger partial charge is 0.263 e. The quantitative estimate of drug-likeness (QED) is 0.804. The molecule has 0 aromatic heterocycles. The normalized spacial score (nSPS) is 24.2. The average Bonchev–Trinajstić information content (AvgIpc) is 2.85. The number of halogens is 1. The predicted octanol–water partition coefficient (Wildman–Crippen LogP) is 0.875. The summed E-state index contributed by atoms with van der Waals surface area (Å²) >= 11 is 0. The molecule has 0 spiro atoms. The van der Waals surface area contributed by atoms with Gasteiger partial charge in [0.25, 0.3) is 10.0 Å². The van der Waals surface area contributed by atoms with Gasteiger partial charge in [-0.3, -0.25) is 14.5 Å². The van der Waals surface area contributed by atoms with Crippen LogP contribution in [0.25, 0.3) is 0 Å². The first-order valence-corrected chi connectivity index (χ1v) is 9.63. The highest BCUT2D eigenvalue weighted by molar-refractivity contribution is 7.90. The van der Waals surface area contributed by atoms with E-state index in [1.807, 2.05) is 0 Å². The number of nitrogens with one attached hydrogen (secondary N) is 1. The van der Waals surface area contributed by atoms with Crippen molar-refractivity contribution < 1.29 is 13.2 Å². The molecule has 138 valence electrons. The zero-order valence-corrected chi connectivity index (χ0v) is 15.6. The van der Waals surface area contributed by atoms with Crippen molar-refractivity contribution in [1.29, 1.82) is 0 Å². The van der Waals surface area contributed by atoms with Crippen LogP contribution >= 0.6 is 12.4 Å². The fraction of sp³-hybridized carbons (Fsp3) is 0.500. The molecule has 7 nitrogen and oxygen atoms in total. The van der Waals surface area contributed by atoms with Gasteiger partial charge in [-0.1, -0.05) is 12.1 Å². The number of piperidine rings is 1. The zero-order valence-electron chi connectivity index (χ0n) is 14.0. The second kappa shape index (κ2) is 7.72. The number of sulfonamides is 1. The lowest BCUT2D eigenvalue weighted by Gasteiger charge is -2.36. The molecule has 2 aliphatic heterocycles. The Hall–Kier alpha value is -1.64. The molecule has 1 saturated heterocycles. The number of amides is 1. The first-order valence-electron chi connectivity index (χ1n) is 8.14. The Labute approximate surface area is 154 Å². The van der Waals surface area contributed by atoms with E-state index in [0.29, 0.717) is 18.7 Å². The van der Waals surface area contributed by atoms with Crippen molar-refractivity contribution in [3.63, 3.8) is 0 Å². The maximum atomic E-state index is 12.7. The fourth-order valence-electron chi connectivity index (χ4n) is 3.25. The Balaban J connectivity index is 0.00000225. The van der Waals surface area contributed by atoms with Crippen molar-refractivity contribution in [2.75, 3.05) is 13.1 Å². The van der Waals surface area contributed by atoms with Gasteiger partial charge in [-0.15, -0.1) is 12.4 Å². The average molecular weight is 387 g/mol. The molecular formula is C16H23ClN4O3S. The summed E-state index contributed by atoms with van der Waals surface area (Å²) in [5.74, 6) is 0.119. The molecule has 1 fully saturated rings. The first-order chi connectivity index (χ1) is 11.4. The van der Waals surface area contributed by atoms with Crippen LogP contribution in [0.1, 0.15) is 31.7 Å². The minimum Gasteiger partial charge on any atom is -0.337 e. The van der Waals surface area contributed by atoms with Crippen LogP contribution < -0.4 is 10.5 Å². The highest BCUT2D eigenvalue weighted by Crippen LogP contribution is 2.23. The molecule has 0 bridgehead atoms. The molecule has 2 atom stereocenters. The Morgan fingerprint density at radius 3 is 2.84 bits per heavy atom. The predicted molar refractivity (Wildman–Crippen MR) is 98.4 cm³/mol. The number of hydrogen-bond donors (Lipinski definition) is 2. The number of fused-ring (bicyclic) bond motifs is 1. The van der Waals surface area contributed by atoms with Gasteiger partial charge in [0.05, 0.1) is 4.90 Å².